The van der Waals surface area contributed by atoms with Crippen LogP contribution in [0.4, 0.5) is 32.0 Å². The Morgan fingerprint density at radius 2 is 1.79 bits per heavy atom. The van der Waals surface area contributed by atoms with E-state index in [2.05, 4.69) is 20.5 Å². The maximum Gasteiger partial charge on any atom is 0.401 e. The molecule has 0 bridgehead atoms. The van der Waals surface area contributed by atoms with Crippen molar-refractivity contribution in [3.05, 3.63) is 65.7 Å². The molecule has 4 heterocycles. The summed E-state index contributed by atoms with van der Waals surface area (Å²) in [5.41, 5.74) is 4.87. The number of H-pyrrole nitrogens is 1. The molecule has 5 rings (SSSR count). The molecule has 0 saturated carbocycles. The second-order valence-corrected chi connectivity index (χ2v) is 10.4. The predicted molar refractivity (Wildman–Crippen MR) is 135 cm³/mol. The molecule has 0 unspecified atom stereocenters. The largest absolute Gasteiger partial charge is 0.401 e. The van der Waals surface area contributed by atoms with Gasteiger partial charge >= 0.3 is 12.4 Å². The number of hydrogen-bond donors (Lipinski definition) is 2. The summed E-state index contributed by atoms with van der Waals surface area (Å²) in [5.74, 6) is 0. The number of benzene rings is 1. The van der Waals surface area contributed by atoms with Crippen molar-refractivity contribution in [2.75, 3.05) is 31.5 Å². The van der Waals surface area contributed by atoms with E-state index in [1.54, 1.807) is 37.6 Å². The van der Waals surface area contributed by atoms with Crippen LogP contribution in [0.1, 0.15) is 42.6 Å². The highest BCUT2D eigenvalue weighted by molar-refractivity contribution is 5.64. The molecule has 1 aromatic carbocycles. The molecule has 1 fully saturated rings. The zero-order chi connectivity index (χ0) is 27.8. The van der Waals surface area contributed by atoms with E-state index in [0.29, 0.717) is 31.7 Å². The van der Waals surface area contributed by atoms with Crippen LogP contribution in [0.2, 0.25) is 0 Å². The van der Waals surface area contributed by atoms with Gasteiger partial charge in [-0.05, 0) is 55.1 Å². The number of aromatic nitrogens is 3. The fraction of sp³-hybridized carbons (Fsp3) is 0.481. The lowest BCUT2D eigenvalue weighted by molar-refractivity contribution is -0.155. The number of halogens is 6. The number of likely N-dealkylation sites (tertiary alicyclic amines) is 1. The summed E-state index contributed by atoms with van der Waals surface area (Å²) < 4.78 is 77.9. The van der Waals surface area contributed by atoms with Crippen molar-refractivity contribution < 1.29 is 26.3 Å². The van der Waals surface area contributed by atoms with Crippen LogP contribution >= 0.6 is 0 Å². The highest BCUT2D eigenvalue weighted by atomic mass is 19.4. The Morgan fingerprint density at radius 1 is 1.00 bits per heavy atom. The summed E-state index contributed by atoms with van der Waals surface area (Å²) in [7, 11) is 0. The molecule has 3 aromatic rings. The first kappa shape index (κ1) is 27.4. The molecular formula is C27H30F6N6. The van der Waals surface area contributed by atoms with Crippen LogP contribution in [0, 0.1) is 0 Å². The average Bonchev–Trinajstić information content (AvgIpc) is 3.37. The van der Waals surface area contributed by atoms with Gasteiger partial charge < -0.3 is 5.32 Å². The molecule has 210 valence electrons. The maximum atomic E-state index is 13.6. The van der Waals surface area contributed by atoms with E-state index in [4.69, 9.17) is 0 Å². The summed E-state index contributed by atoms with van der Waals surface area (Å²) in [6.45, 7) is 2.41. The van der Waals surface area contributed by atoms with E-state index in [0.717, 1.165) is 27.9 Å². The molecule has 1 saturated heterocycles. The first-order valence-electron chi connectivity index (χ1n) is 12.9. The van der Waals surface area contributed by atoms with Crippen molar-refractivity contribution in [2.45, 2.75) is 56.7 Å². The Hall–Kier alpha value is -3.12. The topological polar surface area (TPSA) is 60.1 Å². The number of pyridine rings is 1. The lowest BCUT2D eigenvalue weighted by atomic mass is 9.85. The van der Waals surface area contributed by atoms with Gasteiger partial charge in [-0.1, -0.05) is 18.2 Å². The van der Waals surface area contributed by atoms with Crippen LogP contribution in [0.3, 0.4) is 0 Å². The Balaban J connectivity index is 1.31. The van der Waals surface area contributed by atoms with Crippen molar-refractivity contribution in [3.8, 4) is 11.1 Å². The first-order chi connectivity index (χ1) is 18.4. The minimum absolute atomic E-state index is 0.0752. The van der Waals surface area contributed by atoms with Gasteiger partial charge in [-0.15, -0.1) is 0 Å². The SMILES string of the molecule is C[C@@H]1Cc2cc(-c3cn[nH]c3)ccc2[C@@H](c2ccc(NC3CN(CCCC(F)(F)F)C3)cn2)N1CC(F)(F)F. The maximum absolute atomic E-state index is 13.6. The highest BCUT2D eigenvalue weighted by Crippen LogP contribution is 2.40. The second kappa shape index (κ2) is 10.8. The monoisotopic (exact) mass is 552 g/mol. The van der Waals surface area contributed by atoms with Crippen molar-refractivity contribution >= 4 is 5.69 Å². The minimum Gasteiger partial charge on any atom is -0.378 e. The van der Waals surface area contributed by atoms with Gasteiger partial charge in [-0.3, -0.25) is 19.9 Å². The van der Waals surface area contributed by atoms with Crippen LogP contribution in [0.5, 0.6) is 0 Å². The molecule has 0 amide bonds. The van der Waals surface area contributed by atoms with Gasteiger partial charge in [0.25, 0.3) is 0 Å². The van der Waals surface area contributed by atoms with Gasteiger partial charge in [0.15, 0.2) is 0 Å². The first-order valence-corrected chi connectivity index (χ1v) is 12.9. The van der Waals surface area contributed by atoms with E-state index in [9.17, 15) is 26.3 Å². The highest BCUT2D eigenvalue weighted by Gasteiger charge is 2.41. The number of fused-ring (bicyclic) bond motifs is 1. The Morgan fingerprint density at radius 3 is 2.44 bits per heavy atom. The number of anilines is 1. The third-order valence-electron chi connectivity index (χ3n) is 7.37. The van der Waals surface area contributed by atoms with Crippen LogP contribution in [-0.2, 0) is 6.42 Å². The van der Waals surface area contributed by atoms with Crippen LogP contribution in [0.15, 0.2) is 48.9 Å². The smallest absolute Gasteiger partial charge is 0.378 e. The van der Waals surface area contributed by atoms with Crippen molar-refractivity contribution in [1.29, 1.82) is 0 Å². The van der Waals surface area contributed by atoms with E-state index in [1.807, 2.05) is 23.1 Å². The van der Waals surface area contributed by atoms with Gasteiger partial charge in [0.2, 0.25) is 0 Å². The molecule has 0 aliphatic carbocycles. The van der Waals surface area contributed by atoms with Gasteiger partial charge in [-0.25, -0.2) is 0 Å². The van der Waals surface area contributed by atoms with E-state index in [-0.39, 0.29) is 18.5 Å². The number of nitrogens with zero attached hydrogens (tertiary/aromatic N) is 4. The summed E-state index contributed by atoms with van der Waals surface area (Å²) in [6.07, 6.45) is -3.63. The fourth-order valence-electron chi connectivity index (χ4n) is 5.52. The third-order valence-corrected chi connectivity index (χ3v) is 7.37. The number of nitrogens with one attached hydrogen (secondary N) is 2. The summed E-state index contributed by atoms with van der Waals surface area (Å²) in [6, 6.07) is 8.41. The van der Waals surface area contributed by atoms with E-state index in [1.165, 1.54) is 4.90 Å². The van der Waals surface area contributed by atoms with Gasteiger partial charge in [-0.2, -0.15) is 31.4 Å². The van der Waals surface area contributed by atoms with Crippen LogP contribution < -0.4 is 5.32 Å². The second-order valence-electron chi connectivity index (χ2n) is 10.4. The number of hydrogen-bond acceptors (Lipinski definition) is 5. The van der Waals surface area contributed by atoms with Crippen molar-refractivity contribution in [1.82, 2.24) is 25.0 Å². The summed E-state index contributed by atoms with van der Waals surface area (Å²) in [4.78, 5) is 7.99. The Labute approximate surface area is 222 Å². The molecule has 6 nitrogen and oxygen atoms in total. The fourth-order valence-corrected chi connectivity index (χ4v) is 5.52. The van der Waals surface area contributed by atoms with Gasteiger partial charge in [0.1, 0.15) is 0 Å². The summed E-state index contributed by atoms with van der Waals surface area (Å²) >= 11 is 0. The van der Waals surface area contributed by atoms with Crippen LogP contribution in [0.25, 0.3) is 11.1 Å². The standard InChI is InChI=1S/C27H30F6N6/c1-17-9-19-10-18(20-11-35-36-12-20)3-5-23(19)25(39(17)16-27(31,32)33)24-6-4-21(13-34-24)37-22-14-38(15-22)8-2-7-26(28,29)30/h3-6,10-13,17,22,25,37H,2,7-9,14-16H2,1H3,(H,35,36)/t17-,25+/m1/s1. The quantitative estimate of drug-likeness (QED) is 0.346. The normalized spacial score (nSPS) is 21.0. The Kier molecular flexibility index (Phi) is 7.60. The molecular weight excluding hydrogens is 522 g/mol. The predicted octanol–water partition coefficient (Wildman–Crippen LogP) is 5.81. The molecule has 2 aliphatic rings. The zero-order valence-corrected chi connectivity index (χ0v) is 21.4. The molecule has 2 aromatic heterocycles. The van der Waals surface area contributed by atoms with Crippen molar-refractivity contribution in [3.63, 3.8) is 0 Å². The molecule has 12 heteroatoms. The average molecular weight is 553 g/mol. The van der Waals surface area contributed by atoms with E-state index >= 15 is 0 Å². The molecule has 0 radical (unpaired) electrons. The number of alkyl halides is 6. The minimum atomic E-state index is -4.36. The zero-order valence-electron chi connectivity index (χ0n) is 21.4. The number of aromatic amines is 1. The molecule has 39 heavy (non-hydrogen) atoms. The molecule has 2 atom stereocenters. The third kappa shape index (κ3) is 6.73. The lowest BCUT2D eigenvalue weighted by Crippen LogP contribution is -2.54. The molecule has 0 spiro atoms. The Bertz CT molecular complexity index is 1240. The van der Waals surface area contributed by atoms with Gasteiger partial charge in [0.05, 0.1) is 42.4 Å². The molecule has 2 aliphatic heterocycles. The number of rotatable bonds is 8. The van der Waals surface area contributed by atoms with Crippen molar-refractivity contribution in [2.24, 2.45) is 0 Å². The van der Waals surface area contributed by atoms with E-state index < -0.39 is 31.4 Å². The molecule has 2 N–H and O–H groups in total. The lowest BCUT2D eigenvalue weighted by Gasteiger charge is -2.42. The van der Waals surface area contributed by atoms with Crippen LogP contribution in [-0.4, -0.2) is 75.6 Å². The summed E-state index contributed by atoms with van der Waals surface area (Å²) in [5, 5.41) is 10.1. The van der Waals surface area contributed by atoms with Gasteiger partial charge in [0, 0.05) is 37.3 Å².